The minimum absolute atomic E-state index is 0.00184. The van der Waals surface area contributed by atoms with Gasteiger partial charge >= 0.3 is 0 Å². The Balaban J connectivity index is 1.79. The zero-order valence-electron chi connectivity index (χ0n) is 17.3. The van der Waals surface area contributed by atoms with Gasteiger partial charge in [0.2, 0.25) is 0 Å². The molecule has 1 fully saturated rings. The van der Waals surface area contributed by atoms with Crippen molar-refractivity contribution in [1.82, 2.24) is 9.88 Å². The highest BCUT2D eigenvalue weighted by molar-refractivity contribution is 7.80. The summed E-state index contributed by atoms with van der Waals surface area (Å²) in [5, 5.41) is 2.97. The Labute approximate surface area is 190 Å². The number of benzene rings is 2. The number of rotatable bonds is 3. The van der Waals surface area contributed by atoms with Gasteiger partial charge in [-0.3, -0.25) is 19.8 Å². The Morgan fingerprint density at radius 2 is 1.74 bits per heavy atom. The van der Waals surface area contributed by atoms with Crippen molar-refractivity contribution in [2.45, 2.75) is 20.8 Å². The van der Waals surface area contributed by atoms with Crippen LogP contribution in [0, 0.1) is 20.8 Å². The normalized spacial score (nSPS) is 15.5. The van der Waals surface area contributed by atoms with Crippen LogP contribution in [0.5, 0.6) is 0 Å². The van der Waals surface area contributed by atoms with Gasteiger partial charge in [0.25, 0.3) is 11.8 Å². The molecule has 0 atom stereocenters. The summed E-state index contributed by atoms with van der Waals surface area (Å²) in [4.78, 5) is 27.2. The van der Waals surface area contributed by atoms with Crippen LogP contribution >= 0.6 is 23.8 Å². The number of hydrogen-bond donors (Lipinski definition) is 1. The number of nitrogens with zero attached hydrogens (tertiary/aromatic N) is 2. The van der Waals surface area contributed by atoms with Crippen molar-refractivity contribution >= 4 is 52.5 Å². The molecule has 2 aromatic carbocycles. The Hall–Kier alpha value is -3.22. The van der Waals surface area contributed by atoms with Gasteiger partial charge in [0.1, 0.15) is 5.57 Å². The summed E-state index contributed by atoms with van der Waals surface area (Å²) in [7, 11) is 0. The summed E-state index contributed by atoms with van der Waals surface area (Å²) >= 11 is 11.5. The molecule has 1 aromatic heterocycles. The molecule has 0 spiro atoms. The Kier molecular flexibility index (Phi) is 5.52. The van der Waals surface area contributed by atoms with Gasteiger partial charge in [-0.25, -0.2) is 0 Å². The fourth-order valence-corrected chi connectivity index (χ4v) is 4.26. The van der Waals surface area contributed by atoms with Crippen LogP contribution in [0.25, 0.3) is 11.8 Å². The summed E-state index contributed by atoms with van der Waals surface area (Å²) < 4.78 is 2.10. The number of anilines is 1. The first-order valence-corrected chi connectivity index (χ1v) is 10.5. The van der Waals surface area contributed by atoms with E-state index in [1.807, 2.05) is 45.0 Å². The van der Waals surface area contributed by atoms with Gasteiger partial charge in [-0.1, -0.05) is 35.9 Å². The van der Waals surface area contributed by atoms with Crippen molar-refractivity contribution in [3.8, 4) is 5.69 Å². The number of aromatic nitrogens is 1. The van der Waals surface area contributed by atoms with E-state index in [-0.39, 0.29) is 10.7 Å². The Morgan fingerprint density at radius 3 is 2.45 bits per heavy atom. The Bertz CT molecular complexity index is 1280. The molecular formula is C24H20ClN3O2S. The number of aryl methyl sites for hydroxylation is 2. The Morgan fingerprint density at radius 1 is 1.00 bits per heavy atom. The first kappa shape index (κ1) is 21.0. The topological polar surface area (TPSA) is 54.3 Å². The molecule has 1 aliphatic rings. The SMILES string of the molecule is Cc1cccc(-n2c(C)cc(/C=C3\C(=O)NC(=S)N(c4ccccc4Cl)C3=O)c2C)c1. The monoisotopic (exact) mass is 449 g/mol. The van der Waals surface area contributed by atoms with E-state index < -0.39 is 11.8 Å². The molecule has 156 valence electrons. The van der Waals surface area contributed by atoms with Crippen molar-refractivity contribution in [3.63, 3.8) is 0 Å². The predicted molar refractivity (Wildman–Crippen MR) is 128 cm³/mol. The number of carbonyl (C=O) groups is 2. The van der Waals surface area contributed by atoms with Crippen LogP contribution < -0.4 is 10.2 Å². The minimum atomic E-state index is -0.529. The highest BCUT2D eigenvalue weighted by atomic mass is 35.5. The van der Waals surface area contributed by atoms with E-state index in [0.29, 0.717) is 10.7 Å². The largest absolute Gasteiger partial charge is 0.318 e. The standard InChI is InChI=1S/C24H20ClN3O2S/c1-14-7-6-8-18(11-14)27-15(2)12-17(16(27)3)13-19-22(29)26-24(31)28(23(19)30)21-10-5-4-9-20(21)25/h4-13H,1-3H3,(H,26,29,31)/b19-13+. The van der Waals surface area contributed by atoms with Crippen LogP contribution in [0.2, 0.25) is 5.02 Å². The lowest BCUT2D eigenvalue weighted by Gasteiger charge is -2.29. The number of hydrogen-bond acceptors (Lipinski definition) is 3. The first-order valence-electron chi connectivity index (χ1n) is 9.70. The highest BCUT2D eigenvalue weighted by Crippen LogP contribution is 2.30. The first-order chi connectivity index (χ1) is 14.8. The molecule has 0 radical (unpaired) electrons. The number of carbonyl (C=O) groups excluding carboxylic acids is 2. The number of halogens is 1. The van der Waals surface area contributed by atoms with E-state index in [9.17, 15) is 9.59 Å². The van der Waals surface area contributed by atoms with Gasteiger partial charge in [0.05, 0.1) is 10.7 Å². The maximum Gasteiger partial charge on any atom is 0.270 e. The summed E-state index contributed by atoms with van der Waals surface area (Å²) in [6.45, 7) is 5.99. The zero-order chi connectivity index (χ0) is 22.3. The summed E-state index contributed by atoms with van der Waals surface area (Å²) in [5.41, 5.74) is 5.30. The zero-order valence-corrected chi connectivity index (χ0v) is 18.8. The smallest absolute Gasteiger partial charge is 0.270 e. The van der Waals surface area contributed by atoms with Crippen LogP contribution in [0.15, 0.2) is 60.2 Å². The predicted octanol–water partition coefficient (Wildman–Crippen LogP) is 4.89. The van der Waals surface area contributed by atoms with Crippen molar-refractivity contribution < 1.29 is 9.59 Å². The van der Waals surface area contributed by atoms with Crippen molar-refractivity contribution in [2.75, 3.05) is 4.90 Å². The van der Waals surface area contributed by atoms with E-state index >= 15 is 0 Å². The number of nitrogens with one attached hydrogen (secondary N) is 1. The van der Waals surface area contributed by atoms with E-state index in [1.54, 1.807) is 30.3 Å². The molecule has 3 aromatic rings. The molecule has 4 rings (SSSR count). The van der Waals surface area contributed by atoms with Crippen LogP contribution in [0.4, 0.5) is 5.69 Å². The fourth-order valence-electron chi connectivity index (χ4n) is 3.76. The van der Waals surface area contributed by atoms with Crippen LogP contribution in [0.3, 0.4) is 0 Å². The lowest BCUT2D eigenvalue weighted by atomic mass is 10.1. The molecule has 31 heavy (non-hydrogen) atoms. The summed E-state index contributed by atoms with van der Waals surface area (Å²) in [6.07, 6.45) is 1.61. The molecule has 0 aliphatic carbocycles. The molecule has 2 heterocycles. The third-order valence-electron chi connectivity index (χ3n) is 5.23. The van der Waals surface area contributed by atoms with Gasteiger partial charge < -0.3 is 4.57 Å². The van der Waals surface area contributed by atoms with E-state index in [1.165, 1.54) is 4.90 Å². The highest BCUT2D eigenvalue weighted by Gasteiger charge is 2.35. The second kappa shape index (κ2) is 8.13. The summed E-state index contributed by atoms with van der Waals surface area (Å²) in [6, 6.07) is 17.0. The molecule has 2 amide bonds. The molecule has 0 unspecified atom stereocenters. The minimum Gasteiger partial charge on any atom is -0.318 e. The van der Waals surface area contributed by atoms with Gasteiger partial charge in [0.15, 0.2) is 5.11 Å². The van der Waals surface area contributed by atoms with E-state index in [0.717, 1.165) is 28.2 Å². The van der Waals surface area contributed by atoms with Crippen molar-refractivity contribution in [1.29, 1.82) is 0 Å². The number of amides is 2. The average molecular weight is 450 g/mol. The molecule has 0 bridgehead atoms. The maximum absolute atomic E-state index is 13.3. The lowest BCUT2D eigenvalue weighted by molar-refractivity contribution is -0.122. The van der Waals surface area contributed by atoms with Crippen molar-refractivity contribution in [2.24, 2.45) is 0 Å². The quantitative estimate of drug-likeness (QED) is 0.352. The number of para-hydroxylation sites is 1. The second-order valence-corrected chi connectivity index (χ2v) is 8.20. The molecule has 0 saturated carbocycles. The van der Waals surface area contributed by atoms with E-state index in [4.69, 9.17) is 23.8 Å². The molecular weight excluding hydrogens is 430 g/mol. The van der Waals surface area contributed by atoms with Crippen LogP contribution in [0.1, 0.15) is 22.5 Å². The summed E-state index contributed by atoms with van der Waals surface area (Å²) in [5.74, 6) is -1.04. The second-order valence-electron chi connectivity index (χ2n) is 7.41. The van der Waals surface area contributed by atoms with Crippen molar-refractivity contribution in [3.05, 3.63) is 87.7 Å². The molecule has 5 nitrogen and oxygen atoms in total. The molecule has 1 N–H and O–H groups in total. The molecule has 1 aliphatic heterocycles. The lowest BCUT2D eigenvalue weighted by Crippen LogP contribution is -2.54. The van der Waals surface area contributed by atoms with Gasteiger partial charge in [-0.2, -0.15) is 0 Å². The molecule has 1 saturated heterocycles. The number of thiocarbonyl (C=S) groups is 1. The maximum atomic E-state index is 13.3. The molecule has 7 heteroatoms. The van der Waals surface area contributed by atoms with Crippen LogP contribution in [-0.2, 0) is 9.59 Å². The van der Waals surface area contributed by atoms with Gasteiger partial charge in [-0.15, -0.1) is 0 Å². The van der Waals surface area contributed by atoms with Gasteiger partial charge in [0, 0.05) is 17.1 Å². The third-order valence-corrected chi connectivity index (χ3v) is 5.83. The van der Waals surface area contributed by atoms with Crippen LogP contribution in [-0.4, -0.2) is 21.5 Å². The average Bonchev–Trinajstić information content (AvgIpc) is 2.99. The van der Waals surface area contributed by atoms with Gasteiger partial charge in [-0.05, 0) is 80.5 Å². The van der Waals surface area contributed by atoms with E-state index in [2.05, 4.69) is 16.0 Å². The third kappa shape index (κ3) is 3.80. The fraction of sp³-hybridized carbons (Fsp3) is 0.125.